The summed E-state index contributed by atoms with van der Waals surface area (Å²) < 4.78 is 12.5. The number of methoxy groups -OCH3 is 1. The fraction of sp³-hybridized carbons (Fsp3) is 0.438. The molecule has 0 aliphatic carbocycles. The first-order chi connectivity index (χ1) is 11.1. The Kier molecular flexibility index (Phi) is 5.29. The van der Waals surface area contributed by atoms with E-state index in [1.54, 1.807) is 23.2 Å². The standard InChI is InChI=1S/C16H23N3O3SSi/c1-16(2,3)24(5,6)22-12-9-18-19(11-12)15-17-10-13(23-15)7-8-14(20)21-4/h7-11H,1-6H3/b8-7+. The molecule has 0 fully saturated rings. The van der Waals surface area contributed by atoms with Gasteiger partial charge in [0.1, 0.15) is 5.75 Å². The molecule has 0 aliphatic heterocycles. The fourth-order valence-electron chi connectivity index (χ4n) is 1.59. The molecule has 0 saturated heterocycles. The number of aromatic nitrogens is 3. The van der Waals surface area contributed by atoms with Gasteiger partial charge in [-0.3, -0.25) is 0 Å². The molecule has 24 heavy (non-hydrogen) atoms. The number of esters is 1. The smallest absolute Gasteiger partial charge is 0.330 e. The second-order valence-corrected chi connectivity index (χ2v) is 12.7. The summed E-state index contributed by atoms with van der Waals surface area (Å²) in [6.07, 6.45) is 8.28. The molecule has 2 aromatic heterocycles. The highest BCUT2D eigenvalue weighted by molar-refractivity contribution is 7.14. The maximum atomic E-state index is 11.1. The first-order valence-corrected chi connectivity index (χ1v) is 11.3. The normalized spacial score (nSPS) is 12.6. The van der Waals surface area contributed by atoms with Crippen LogP contribution in [0.5, 0.6) is 5.75 Å². The van der Waals surface area contributed by atoms with Gasteiger partial charge in [-0.25, -0.2) is 14.5 Å². The van der Waals surface area contributed by atoms with E-state index in [2.05, 4.69) is 48.7 Å². The predicted molar refractivity (Wildman–Crippen MR) is 98.1 cm³/mol. The van der Waals surface area contributed by atoms with E-state index in [1.807, 2.05) is 6.20 Å². The molecule has 2 aromatic rings. The highest BCUT2D eigenvalue weighted by Gasteiger charge is 2.39. The van der Waals surface area contributed by atoms with Gasteiger partial charge >= 0.3 is 5.97 Å². The average molecular weight is 366 g/mol. The summed E-state index contributed by atoms with van der Waals surface area (Å²) in [4.78, 5) is 16.3. The van der Waals surface area contributed by atoms with Crippen LogP contribution in [0.2, 0.25) is 18.1 Å². The van der Waals surface area contributed by atoms with Gasteiger partial charge in [-0.15, -0.1) is 0 Å². The van der Waals surface area contributed by atoms with Gasteiger partial charge in [0, 0.05) is 17.2 Å². The van der Waals surface area contributed by atoms with E-state index in [9.17, 15) is 4.79 Å². The minimum atomic E-state index is -1.89. The molecule has 2 rings (SSSR count). The van der Waals surface area contributed by atoms with Crippen molar-refractivity contribution in [2.75, 3.05) is 7.11 Å². The first kappa shape index (κ1) is 18.4. The van der Waals surface area contributed by atoms with Crippen LogP contribution in [-0.2, 0) is 9.53 Å². The van der Waals surface area contributed by atoms with Crippen molar-refractivity contribution in [2.45, 2.75) is 38.9 Å². The van der Waals surface area contributed by atoms with Crippen LogP contribution in [0.4, 0.5) is 0 Å². The Bertz CT molecular complexity index is 744. The zero-order chi connectivity index (χ0) is 18.0. The summed E-state index contributed by atoms with van der Waals surface area (Å²) >= 11 is 1.43. The van der Waals surface area contributed by atoms with E-state index in [4.69, 9.17) is 4.43 Å². The van der Waals surface area contributed by atoms with Crippen molar-refractivity contribution >= 4 is 31.7 Å². The molecule has 8 heteroatoms. The molecular weight excluding hydrogens is 342 g/mol. The number of hydrogen-bond acceptors (Lipinski definition) is 6. The van der Waals surface area contributed by atoms with Crippen LogP contribution in [-0.4, -0.2) is 36.2 Å². The predicted octanol–water partition coefficient (Wildman–Crippen LogP) is 3.90. The lowest BCUT2D eigenvalue weighted by Gasteiger charge is -2.35. The van der Waals surface area contributed by atoms with Gasteiger partial charge in [-0.2, -0.15) is 5.10 Å². The Hall–Kier alpha value is -1.93. The number of carbonyl (C=O) groups is 1. The van der Waals surface area contributed by atoms with Crippen molar-refractivity contribution in [1.29, 1.82) is 0 Å². The maximum absolute atomic E-state index is 11.1. The number of rotatable bonds is 5. The summed E-state index contributed by atoms with van der Waals surface area (Å²) in [5.41, 5.74) is 0. The topological polar surface area (TPSA) is 66.2 Å². The monoisotopic (exact) mass is 365 g/mol. The van der Waals surface area contributed by atoms with Gasteiger partial charge in [0.2, 0.25) is 5.13 Å². The molecule has 0 radical (unpaired) electrons. The molecule has 0 bridgehead atoms. The molecule has 0 amide bonds. The van der Waals surface area contributed by atoms with E-state index in [0.29, 0.717) is 5.13 Å². The molecule has 0 saturated carbocycles. The van der Waals surface area contributed by atoms with E-state index in [1.165, 1.54) is 24.5 Å². The number of nitrogens with zero attached hydrogens (tertiary/aromatic N) is 3. The Balaban J connectivity index is 2.13. The minimum Gasteiger partial charge on any atom is -0.541 e. The number of hydrogen-bond donors (Lipinski definition) is 0. The van der Waals surface area contributed by atoms with E-state index < -0.39 is 14.3 Å². The summed E-state index contributed by atoms with van der Waals surface area (Å²) in [6.45, 7) is 11.0. The SMILES string of the molecule is COC(=O)/C=C/c1cnc(-n2cc(O[Si](C)(C)C(C)(C)C)cn2)s1. The first-order valence-electron chi connectivity index (χ1n) is 7.58. The summed E-state index contributed by atoms with van der Waals surface area (Å²) in [7, 11) is -0.545. The number of ether oxygens (including phenoxy) is 1. The van der Waals surface area contributed by atoms with Crippen molar-refractivity contribution in [2.24, 2.45) is 0 Å². The lowest BCUT2D eigenvalue weighted by molar-refractivity contribution is -0.134. The third-order valence-electron chi connectivity index (χ3n) is 4.03. The lowest BCUT2D eigenvalue weighted by Crippen LogP contribution is -2.43. The Morgan fingerprint density at radius 3 is 2.67 bits per heavy atom. The zero-order valence-electron chi connectivity index (χ0n) is 14.9. The lowest BCUT2D eigenvalue weighted by atomic mass is 10.2. The molecular formula is C16H23N3O3SSi. The highest BCUT2D eigenvalue weighted by Crippen LogP contribution is 2.37. The van der Waals surface area contributed by atoms with E-state index in [0.717, 1.165) is 10.6 Å². The van der Waals surface area contributed by atoms with Crippen LogP contribution < -0.4 is 4.43 Å². The van der Waals surface area contributed by atoms with Gasteiger partial charge in [0.05, 0.1) is 19.5 Å². The van der Waals surface area contributed by atoms with Crippen LogP contribution in [0, 0.1) is 0 Å². The van der Waals surface area contributed by atoms with Gasteiger partial charge in [-0.05, 0) is 24.2 Å². The second kappa shape index (κ2) is 6.90. The number of carbonyl (C=O) groups excluding carboxylic acids is 1. The second-order valence-electron chi connectivity index (χ2n) is 6.88. The molecule has 0 spiro atoms. The van der Waals surface area contributed by atoms with Crippen LogP contribution in [0.1, 0.15) is 25.6 Å². The maximum Gasteiger partial charge on any atom is 0.330 e. The Morgan fingerprint density at radius 2 is 2.04 bits per heavy atom. The van der Waals surface area contributed by atoms with Crippen molar-refractivity contribution in [3.8, 4) is 10.9 Å². The van der Waals surface area contributed by atoms with Crippen LogP contribution >= 0.6 is 11.3 Å². The fourth-order valence-corrected chi connectivity index (χ4v) is 3.34. The molecule has 2 heterocycles. The summed E-state index contributed by atoms with van der Waals surface area (Å²) in [6, 6.07) is 0. The van der Waals surface area contributed by atoms with Crippen molar-refractivity contribution in [3.05, 3.63) is 29.5 Å². The van der Waals surface area contributed by atoms with Crippen molar-refractivity contribution in [1.82, 2.24) is 14.8 Å². The van der Waals surface area contributed by atoms with E-state index in [-0.39, 0.29) is 5.04 Å². The van der Waals surface area contributed by atoms with Gasteiger partial charge in [-0.1, -0.05) is 32.1 Å². The molecule has 130 valence electrons. The zero-order valence-corrected chi connectivity index (χ0v) is 16.7. The van der Waals surface area contributed by atoms with Crippen molar-refractivity contribution in [3.63, 3.8) is 0 Å². The summed E-state index contributed by atoms with van der Waals surface area (Å²) in [5, 5.41) is 5.16. The Labute approximate surface area is 147 Å². The van der Waals surface area contributed by atoms with Crippen LogP contribution in [0.25, 0.3) is 11.2 Å². The van der Waals surface area contributed by atoms with Gasteiger partial charge in [0.15, 0.2) is 0 Å². The molecule has 0 aliphatic rings. The molecule has 0 unspecified atom stereocenters. The molecule has 0 aromatic carbocycles. The van der Waals surface area contributed by atoms with Gasteiger partial charge in [0.25, 0.3) is 8.32 Å². The number of thiazole rings is 1. The third kappa shape index (κ3) is 4.33. The quantitative estimate of drug-likeness (QED) is 0.457. The largest absolute Gasteiger partial charge is 0.541 e. The van der Waals surface area contributed by atoms with E-state index >= 15 is 0 Å². The third-order valence-corrected chi connectivity index (χ3v) is 9.34. The van der Waals surface area contributed by atoms with Crippen LogP contribution in [0.15, 0.2) is 24.7 Å². The van der Waals surface area contributed by atoms with Crippen LogP contribution in [0.3, 0.4) is 0 Å². The summed E-state index contributed by atoms with van der Waals surface area (Å²) in [5.74, 6) is 0.359. The highest BCUT2D eigenvalue weighted by atomic mass is 32.1. The van der Waals surface area contributed by atoms with Crippen molar-refractivity contribution < 1.29 is 14.0 Å². The van der Waals surface area contributed by atoms with Gasteiger partial charge < -0.3 is 9.16 Å². The minimum absolute atomic E-state index is 0.127. The molecule has 6 nitrogen and oxygen atoms in total. The molecule has 0 N–H and O–H groups in total. The molecule has 0 atom stereocenters. The Morgan fingerprint density at radius 1 is 1.33 bits per heavy atom. The average Bonchev–Trinajstić information content (AvgIpc) is 3.12.